The van der Waals surface area contributed by atoms with E-state index in [4.69, 9.17) is 20.9 Å². The third-order valence-corrected chi connectivity index (χ3v) is 4.82. The van der Waals surface area contributed by atoms with Crippen LogP contribution in [0.2, 0.25) is 0 Å². The number of nitrogen functional groups attached to an aromatic ring is 1. The first-order valence-electron chi connectivity index (χ1n) is 9.46. The van der Waals surface area contributed by atoms with E-state index in [1.54, 1.807) is 17.2 Å². The quantitative estimate of drug-likeness (QED) is 0.586. The number of rotatable bonds is 5. The van der Waals surface area contributed by atoms with Gasteiger partial charge in [0.25, 0.3) is 5.79 Å². The van der Waals surface area contributed by atoms with E-state index in [0.717, 1.165) is 6.20 Å². The van der Waals surface area contributed by atoms with Crippen LogP contribution in [0.25, 0.3) is 5.65 Å². The van der Waals surface area contributed by atoms with Crippen LogP contribution in [0.5, 0.6) is 5.88 Å². The van der Waals surface area contributed by atoms with Crippen molar-refractivity contribution in [1.29, 1.82) is 0 Å². The zero-order chi connectivity index (χ0) is 22.3. The number of anilines is 2. The van der Waals surface area contributed by atoms with E-state index in [0.29, 0.717) is 17.2 Å². The van der Waals surface area contributed by atoms with Crippen molar-refractivity contribution in [2.45, 2.75) is 38.3 Å². The first-order chi connectivity index (χ1) is 14.6. The molecule has 10 nitrogen and oxygen atoms in total. The lowest BCUT2D eigenvalue weighted by Crippen LogP contribution is -2.37. The number of halogens is 2. The lowest BCUT2D eigenvalue weighted by molar-refractivity contribution is -0.110. The molecule has 1 saturated heterocycles. The molecule has 4 rings (SSSR count). The van der Waals surface area contributed by atoms with Gasteiger partial charge in [-0.05, 0) is 12.1 Å². The number of primary amides is 1. The molecule has 1 amide bonds. The average Bonchev–Trinajstić information content (AvgIpc) is 3.24. The van der Waals surface area contributed by atoms with Gasteiger partial charge in [-0.3, -0.25) is 0 Å². The summed E-state index contributed by atoms with van der Waals surface area (Å²) in [6.07, 6.45) is 1.89. The molecule has 3 aromatic rings. The van der Waals surface area contributed by atoms with Crippen molar-refractivity contribution in [2.75, 3.05) is 17.2 Å². The number of nitrogens with zero attached hydrogens (tertiary/aromatic N) is 5. The van der Waals surface area contributed by atoms with E-state index < -0.39 is 29.9 Å². The molecular weight excluding hydrogens is 412 g/mol. The number of hydrogen-bond donors (Lipinski definition) is 2. The first kappa shape index (κ1) is 20.6. The predicted octanol–water partition coefficient (Wildman–Crippen LogP) is 2.35. The summed E-state index contributed by atoms with van der Waals surface area (Å²) < 4.78 is 40.8. The van der Waals surface area contributed by atoms with Crippen molar-refractivity contribution in [2.24, 2.45) is 5.73 Å². The minimum atomic E-state index is -1.48. The molecule has 4 heterocycles. The van der Waals surface area contributed by atoms with Gasteiger partial charge >= 0.3 is 6.09 Å². The second-order valence-electron chi connectivity index (χ2n) is 7.63. The van der Waals surface area contributed by atoms with Crippen molar-refractivity contribution < 1.29 is 23.0 Å². The third kappa shape index (κ3) is 4.13. The smallest absolute Gasteiger partial charge is 0.407 e. The molecule has 31 heavy (non-hydrogen) atoms. The topological polar surface area (TPSA) is 134 Å². The number of fused-ring (bicyclic) bond motifs is 1. The fourth-order valence-electron chi connectivity index (χ4n) is 3.63. The van der Waals surface area contributed by atoms with Crippen molar-refractivity contribution in [3.05, 3.63) is 42.1 Å². The van der Waals surface area contributed by atoms with Crippen LogP contribution in [0.15, 0.2) is 30.7 Å². The van der Waals surface area contributed by atoms with Crippen LogP contribution in [0.4, 0.5) is 25.1 Å². The Bertz CT molecular complexity index is 1140. The number of alkyl halides is 1. The minimum Gasteiger partial charge on any atom is -0.435 e. The van der Waals surface area contributed by atoms with Gasteiger partial charge in [-0.25, -0.2) is 28.1 Å². The summed E-state index contributed by atoms with van der Waals surface area (Å²) in [7, 11) is 0. The molecule has 0 saturated carbocycles. The summed E-state index contributed by atoms with van der Waals surface area (Å²) in [5.41, 5.74) is 12.1. The highest BCUT2D eigenvalue weighted by molar-refractivity contribution is 5.66. The Kier molecular flexibility index (Phi) is 4.99. The molecule has 1 aliphatic heterocycles. The number of carbonyl (C=O) groups excluding carboxylic acids is 1. The summed E-state index contributed by atoms with van der Waals surface area (Å²) in [5, 5.41) is 4.07. The van der Waals surface area contributed by atoms with E-state index in [1.165, 1.54) is 30.6 Å². The normalized spacial score (nSPS) is 19.0. The van der Waals surface area contributed by atoms with Gasteiger partial charge in [0, 0.05) is 32.0 Å². The molecule has 164 valence electrons. The van der Waals surface area contributed by atoms with Crippen LogP contribution in [-0.4, -0.2) is 44.2 Å². The largest absolute Gasteiger partial charge is 0.435 e. The van der Waals surface area contributed by atoms with Crippen LogP contribution < -0.4 is 21.1 Å². The van der Waals surface area contributed by atoms with Gasteiger partial charge in [0.2, 0.25) is 5.88 Å². The van der Waals surface area contributed by atoms with Gasteiger partial charge in [0.1, 0.15) is 17.8 Å². The number of aromatic nitrogens is 4. The summed E-state index contributed by atoms with van der Waals surface area (Å²) in [5.74, 6) is -1.68. The summed E-state index contributed by atoms with van der Waals surface area (Å²) in [6, 6.07) is 2.23. The Balaban J connectivity index is 1.73. The Morgan fingerprint density at radius 3 is 2.87 bits per heavy atom. The van der Waals surface area contributed by atoms with Gasteiger partial charge in [0.15, 0.2) is 5.65 Å². The number of hydrogen-bond acceptors (Lipinski definition) is 8. The monoisotopic (exact) mass is 433 g/mol. The SMILES string of the molecule is CC(C)(OC(N)=O)Oc1ncc(F)cc1[C@H]1C[C@H](F)CN1c1ccn2ncc(N)c2n1. The van der Waals surface area contributed by atoms with Crippen LogP contribution in [0.1, 0.15) is 31.9 Å². The van der Waals surface area contributed by atoms with Gasteiger partial charge < -0.3 is 25.8 Å². The fraction of sp³-hybridized carbons (Fsp3) is 0.368. The molecule has 0 aliphatic carbocycles. The summed E-state index contributed by atoms with van der Waals surface area (Å²) >= 11 is 0. The second-order valence-corrected chi connectivity index (χ2v) is 7.63. The Morgan fingerprint density at radius 2 is 2.13 bits per heavy atom. The standard InChI is InChI=1S/C19H21F2N7O3/c1-19(2,31-18(23)29)30-17-12(5-10(20)7-24-17)14-6-11(21)9-27(14)15-3-4-28-16(26-15)13(22)8-25-28/h3-5,7-8,11,14H,6,9,22H2,1-2H3,(H2,23,29)/t11-,14+/m0/s1. The summed E-state index contributed by atoms with van der Waals surface area (Å²) in [6.45, 7) is 2.93. The zero-order valence-corrected chi connectivity index (χ0v) is 16.8. The maximum atomic E-state index is 14.5. The highest BCUT2D eigenvalue weighted by Gasteiger charge is 2.38. The maximum Gasteiger partial charge on any atom is 0.407 e. The highest BCUT2D eigenvalue weighted by atomic mass is 19.1. The zero-order valence-electron chi connectivity index (χ0n) is 16.8. The van der Waals surface area contributed by atoms with Crippen LogP contribution in [0.3, 0.4) is 0 Å². The second kappa shape index (κ2) is 7.52. The summed E-state index contributed by atoms with van der Waals surface area (Å²) in [4.78, 5) is 21.3. The van der Waals surface area contributed by atoms with Crippen molar-refractivity contribution >= 4 is 23.2 Å². The number of ether oxygens (including phenoxy) is 2. The van der Waals surface area contributed by atoms with E-state index in [2.05, 4.69) is 15.1 Å². The highest BCUT2D eigenvalue weighted by Crippen LogP contribution is 2.41. The van der Waals surface area contributed by atoms with Crippen LogP contribution >= 0.6 is 0 Å². The van der Waals surface area contributed by atoms with E-state index in [9.17, 15) is 13.6 Å². The first-order valence-corrected chi connectivity index (χ1v) is 9.46. The molecule has 0 radical (unpaired) electrons. The Hall–Kier alpha value is -3.70. The number of pyridine rings is 1. The molecule has 1 aliphatic rings. The van der Waals surface area contributed by atoms with E-state index >= 15 is 0 Å². The third-order valence-electron chi connectivity index (χ3n) is 4.82. The molecule has 2 atom stereocenters. The van der Waals surface area contributed by atoms with Crippen molar-refractivity contribution in [3.63, 3.8) is 0 Å². The number of nitrogens with two attached hydrogens (primary N) is 2. The maximum absolute atomic E-state index is 14.5. The average molecular weight is 433 g/mol. The fourth-order valence-corrected chi connectivity index (χ4v) is 3.63. The van der Waals surface area contributed by atoms with Gasteiger partial charge in [0.05, 0.1) is 30.7 Å². The molecule has 4 N–H and O–H groups in total. The predicted molar refractivity (Wildman–Crippen MR) is 107 cm³/mol. The molecule has 0 unspecified atom stereocenters. The molecular formula is C19H21F2N7O3. The Labute approximate surface area is 175 Å². The molecule has 0 bridgehead atoms. The lowest BCUT2D eigenvalue weighted by Gasteiger charge is -2.29. The van der Waals surface area contributed by atoms with Gasteiger partial charge in [-0.2, -0.15) is 5.10 Å². The van der Waals surface area contributed by atoms with Gasteiger partial charge in [-0.15, -0.1) is 0 Å². The molecule has 12 heteroatoms. The molecule has 0 aromatic carbocycles. The molecule has 0 spiro atoms. The van der Waals surface area contributed by atoms with Crippen molar-refractivity contribution in [1.82, 2.24) is 19.6 Å². The van der Waals surface area contributed by atoms with Crippen LogP contribution in [-0.2, 0) is 4.74 Å². The number of amides is 1. The minimum absolute atomic E-state index is 0.0123. The molecule has 3 aromatic heterocycles. The van der Waals surface area contributed by atoms with E-state index in [-0.39, 0.29) is 24.4 Å². The molecule has 1 fully saturated rings. The van der Waals surface area contributed by atoms with Crippen LogP contribution in [0, 0.1) is 5.82 Å². The lowest BCUT2D eigenvalue weighted by atomic mass is 10.1. The van der Waals surface area contributed by atoms with Crippen molar-refractivity contribution in [3.8, 4) is 5.88 Å². The van der Waals surface area contributed by atoms with Gasteiger partial charge in [-0.1, -0.05) is 0 Å². The number of carbonyl (C=O) groups is 1. The Morgan fingerprint density at radius 1 is 1.35 bits per heavy atom. The van der Waals surface area contributed by atoms with E-state index in [1.807, 2.05) is 0 Å².